The number of alkyl halides is 3. The first-order valence-corrected chi connectivity index (χ1v) is 10.1. The van der Waals surface area contributed by atoms with Gasteiger partial charge in [-0.1, -0.05) is 6.92 Å². The number of hydrogen-bond acceptors (Lipinski definition) is 4. The van der Waals surface area contributed by atoms with Crippen LogP contribution in [0.15, 0.2) is 24.3 Å². The Balaban J connectivity index is 1.87. The van der Waals surface area contributed by atoms with Crippen molar-refractivity contribution in [1.29, 1.82) is 0 Å². The zero-order valence-corrected chi connectivity index (χ0v) is 17.1. The highest BCUT2D eigenvalue weighted by molar-refractivity contribution is 5.98. The quantitative estimate of drug-likeness (QED) is 0.732. The molecule has 9 heteroatoms. The molecule has 0 bridgehead atoms. The summed E-state index contributed by atoms with van der Waals surface area (Å²) in [7, 11) is 1.52. The number of hydrogen-bond donors (Lipinski definition) is 1. The zero-order valence-electron chi connectivity index (χ0n) is 17.1. The highest BCUT2D eigenvalue weighted by atomic mass is 19.4. The van der Waals surface area contributed by atoms with Crippen molar-refractivity contribution < 1.29 is 32.2 Å². The fraction of sp³-hybridized carbons (Fsp3) is 0.619. The van der Waals surface area contributed by atoms with Gasteiger partial charge >= 0.3 is 6.18 Å². The Kier molecular flexibility index (Phi) is 6.71. The van der Waals surface area contributed by atoms with Gasteiger partial charge in [-0.05, 0) is 55.9 Å². The van der Waals surface area contributed by atoms with Crippen LogP contribution in [0.5, 0.6) is 0 Å². The third-order valence-corrected chi connectivity index (χ3v) is 5.90. The third-order valence-electron chi connectivity index (χ3n) is 5.90. The van der Waals surface area contributed by atoms with Gasteiger partial charge in [0, 0.05) is 19.2 Å². The molecule has 2 aliphatic rings. The highest BCUT2D eigenvalue weighted by Crippen LogP contribution is 2.43. The predicted octanol–water partition coefficient (Wildman–Crippen LogP) is 3.22. The van der Waals surface area contributed by atoms with Crippen molar-refractivity contribution in [2.45, 2.75) is 50.6 Å². The molecule has 1 unspecified atom stereocenters. The van der Waals surface area contributed by atoms with Crippen LogP contribution in [-0.4, -0.2) is 55.3 Å². The summed E-state index contributed by atoms with van der Waals surface area (Å²) in [5.41, 5.74) is -1.64. The van der Waals surface area contributed by atoms with Gasteiger partial charge in [-0.15, -0.1) is 0 Å². The summed E-state index contributed by atoms with van der Waals surface area (Å²) in [6.45, 7) is 2.80. The van der Waals surface area contributed by atoms with Gasteiger partial charge in [0.2, 0.25) is 5.91 Å². The lowest BCUT2D eigenvalue weighted by Gasteiger charge is -2.43. The van der Waals surface area contributed by atoms with Crippen LogP contribution in [0.2, 0.25) is 0 Å². The molecule has 1 aromatic rings. The Bertz CT molecular complexity index is 759. The van der Waals surface area contributed by atoms with Crippen LogP contribution in [0, 0.1) is 5.92 Å². The first-order chi connectivity index (χ1) is 14.2. The molecule has 2 fully saturated rings. The number of ether oxygens (including phenoxy) is 2. The van der Waals surface area contributed by atoms with Gasteiger partial charge in [-0.2, -0.15) is 13.2 Å². The van der Waals surface area contributed by atoms with Crippen molar-refractivity contribution >= 4 is 11.8 Å². The maximum Gasteiger partial charge on any atom is 0.416 e. The number of nitrogens with zero attached hydrogens (tertiary/aromatic N) is 1. The van der Waals surface area contributed by atoms with E-state index in [1.165, 1.54) is 12.0 Å². The largest absolute Gasteiger partial charge is 0.416 e. The Morgan fingerprint density at radius 2 is 1.87 bits per heavy atom. The second-order valence-corrected chi connectivity index (χ2v) is 7.99. The standard InChI is InChI=1S/C21H27F3N2O4/c1-14-7-9-20(10-8-14)26(17(13-30-20)18(27)25-11-12-29-2)19(28)15-3-5-16(6-4-15)21(22,23)24/h3-6,14,17H,7-13H2,1-2H3,(H,25,27). The summed E-state index contributed by atoms with van der Waals surface area (Å²) in [5.74, 6) is -0.373. The molecule has 2 amide bonds. The molecule has 1 saturated heterocycles. The Hall–Kier alpha value is -2.13. The smallest absolute Gasteiger partial charge is 0.383 e. The van der Waals surface area contributed by atoms with Crippen LogP contribution in [0.3, 0.4) is 0 Å². The second-order valence-electron chi connectivity index (χ2n) is 7.99. The van der Waals surface area contributed by atoms with Crippen molar-refractivity contribution in [2.24, 2.45) is 5.92 Å². The topological polar surface area (TPSA) is 67.9 Å². The highest BCUT2D eigenvalue weighted by Gasteiger charge is 2.53. The van der Waals surface area contributed by atoms with E-state index in [0.717, 1.165) is 37.1 Å². The van der Waals surface area contributed by atoms with E-state index >= 15 is 0 Å². The van der Waals surface area contributed by atoms with Gasteiger partial charge in [0.1, 0.15) is 11.8 Å². The minimum atomic E-state index is -4.48. The van der Waals surface area contributed by atoms with Crippen molar-refractivity contribution in [3.63, 3.8) is 0 Å². The maximum absolute atomic E-state index is 13.4. The summed E-state index contributed by atoms with van der Waals surface area (Å²) in [5, 5.41) is 2.74. The third kappa shape index (κ3) is 4.62. The average molecular weight is 428 g/mol. The predicted molar refractivity (Wildman–Crippen MR) is 103 cm³/mol. The van der Waals surface area contributed by atoms with Crippen LogP contribution in [0.1, 0.15) is 48.5 Å². The van der Waals surface area contributed by atoms with Gasteiger partial charge in [0.05, 0.1) is 18.8 Å². The van der Waals surface area contributed by atoms with Gasteiger partial charge in [-0.3, -0.25) is 14.5 Å². The fourth-order valence-corrected chi connectivity index (χ4v) is 4.12. The minimum Gasteiger partial charge on any atom is -0.383 e. The number of methoxy groups -OCH3 is 1. The summed E-state index contributed by atoms with van der Waals surface area (Å²) in [6, 6.07) is 3.23. The Morgan fingerprint density at radius 1 is 1.23 bits per heavy atom. The molecular weight excluding hydrogens is 401 g/mol. The van der Waals surface area contributed by atoms with E-state index in [1.807, 2.05) is 0 Å². The summed E-state index contributed by atoms with van der Waals surface area (Å²) in [6.07, 6.45) is -1.63. The Labute approximate surface area is 173 Å². The maximum atomic E-state index is 13.4. The van der Waals surface area contributed by atoms with Crippen molar-refractivity contribution in [2.75, 3.05) is 26.9 Å². The molecule has 1 spiro atoms. The van der Waals surface area contributed by atoms with Crippen LogP contribution in [0.25, 0.3) is 0 Å². The summed E-state index contributed by atoms with van der Waals surface area (Å²) in [4.78, 5) is 27.6. The molecule has 166 valence electrons. The zero-order chi connectivity index (χ0) is 21.9. The van der Waals surface area contributed by atoms with Gasteiger partial charge < -0.3 is 14.8 Å². The first-order valence-electron chi connectivity index (χ1n) is 10.1. The molecule has 1 N–H and O–H groups in total. The SMILES string of the molecule is COCCNC(=O)C1COC2(CCC(C)CC2)N1C(=O)c1ccc(C(F)(F)F)cc1. The summed E-state index contributed by atoms with van der Waals surface area (Å²) >= 11 is 0. The Morgan fingerprint density at radius 3 is 2.43 bits per heavy atom. The van der Waals surface area contributed by atoms with E-state index in [-0.39, 0.29) is 24.6 Å². The number of nitrogens with one attached hydrogen (secondary N) is 1. The molecule has 1 atom stereocenters. The molecule has 1 aromatic carbocycles. The van der Waals surface area contributed by atoms with Crippen LogP contribution in [0.4, 0.5) is 13.2 Å². The number of rotatable bonds is 5. The van der Waals surface area contributed by atoms with E-state index < -0.39 is 29.4 Å². The van der Waals surface area contributed by atoms with Crippen LogP contribution >= 0.6 is 0 Å². The van der Waals surface area contributed by atoms with Crippen molar-refractivity contribution in [3.8, 4) is 0 Å². The van der Waals surface area contributed by atoms with Gasteiger partial charge in [0.15, 0.2) is 0 Å². The molecule has 1 aliphatic heterocycles. The summed E-state index contributed by atoms with van der Waals surface area (Å²) < 4.78 is 49.6. The van der Waals surface area contributed by atoms with Crippen LogP contribution < -0.4 is 5.32 Å². The average Bonchev–Trinajstić information content (AvgIpc) is 3.08. The van der Waals surface area contributed by atoms with Crippen molar-refractivity contribution in [1.82, 2.24) is 10.2 Å². The lowest BCUT2D eigenvalue weighted by atomic mass is 9.83. The number of carbonyl (C=O) groups is 2. The van der Waals surface area contributed by atoms with Gasteiger partial charge in [0.25, 0.3) is 5.91 Å². The molecule has 3 rings (SSSR count). The van der Waals surface area contributed by atoms with Crippen molar-refractivity contribution in [3.05, 3.63) is 35.4 Å². The van der Waals surface area contributed by atoms with E-state index in [2.05, 4.69) is 12.2 Å². The second kappa shape index (κ2) is 8.93. The van der Waals surface area contributed by atoms with Crippen LogP contribution in [-0.2, 0) is 20.4 Å². The molecule has 6 nitrogen and oxygen atoms in total. The minimum absolute atomic E-state index is 0.0551. The molecule has 0 aromatic heterocycles. The normalized spacial score (nSPS) is 26.8. The molecular formula is C21H27F3N2O4. The molecule has 30 heavy (non-hydrogen) atoms. The molecule has 1 heterocycles. The lowest BCUT2D eigenvalue weighted by molar-refractivity contribution is -0.137. The molecule has 1 saturated carbocycles. The molecule has 0 radical (unpaired) electrons. The van der Waals surface area contributed by atoms with E-state index in [4.69, 9.17) is 9.47 Å². The molecule has 1 aliphatic carbocycles. The van der Waals surface area contributed by atoms with E-state index in [0.29, 0.717) is 25.4 Å². The van der Waals surface area contributed by atoms with Gasteiger partial charge in [-0.25, -0.2) is 0 Å². The lowest BCUT2D eigenvalue weighted by Crippen LogP contribution is -2.57. The number of benzene rings is 1. The number of amides is 2. The fourth-order valence-electron chi connectivity index (χ4n) is 4.12. The number of halogens is 3. The monoisotopic (exact) mass is 428 g/mol. The van der Waals surface area contributed by atoms with E-state index in [1.54, 1.807) is 0 Å². The first kappa shape index (κ1) is 22.6. The number of carbonyl (C=O) groups excluding carboxylic acids is 2. The van der Waals surface area contributed by atoms with E-state index in [9.17, 15) is 22.8 Å².